The Morgan fingerprint density at radius 1 is 0.857 bits per heavy atom. The standard InChI is InChI=1S/C20H40N4O4/c1-5-27-18(25)16-23-12-10-22(9-7-6-8-21)11-13-24(15-14-23)17-19(26)28-20(2,3)4/h5-17,21H2,1-4H3. The highest BCUT2D eigenvalue weighted by atomic mass is 16.6. The fraction of sp³-hybridized carbons (Fsp3) is 0.900. The van der Waals surface area contributed by atoms with E-state index in [1.807, 2.05) is 27.7 Å². The average molecular weight is 401 g/mol. The first-order valence-electron chi connectivity index (χ1n) is 10.5. The number of rotatable bonds is 9. The Hall–Kier alpha value is -1.22. The van der Waals surface area contributed by atoms with Crippen LogP contribution in [0, 0.1) is 0 Å². The molecule has 0 saturated carbocycles. The van der Waals surface area contributed by atoms with E-state index in [-0.39, 0.29) is 25.0 Å². The summed E-state index contributed by atoms with van der Waals surface area (Å²) in [6.45, 7) is 14.9. The Labute approximate surface area is 170 Å². The van der Waals surface area contributed by atoms with Crippen LogP contribution in [0.5, 0.6) is 0 Å². The van der Waals surface area contributed by atoms with E-state index in [4.69, 9.17) is 15.2 Å². The first-order valence-corrected chi connectivity index (χ1v) is 10.5. The van der Waals surface area contributed by atoms with Crippen molar-refractivity contribution in [1.29, 1.82) is 0 Å². The maximum Gasteiger partial charge on any atom is 0.320 e. The van der Waals surface area contributed by atoms with Crippen molar-refractivity contribution in [2.75, 3.05) is 72.1 Å². The van der Waals surface area contributed by atoms with Crippen LogP contribution in [0.25, 0.3) is 0 Å². The molecule has 164 valence electrons. The summed E-state index contributed by atoms with van der Waals surface area (Å²) in [7, 11) is 0. The minimum atomic E-state index is -0.485. The molecule has 0 spiro atoms. The van der Waals surface area contributed by atoms with Crippen molar-refractivity contribution in [3.8, 4) is 0 Å². The summed E-state index contributed by atoms with van der Waals surface area (Å²) in [5.41, 5.74) is 5.13. The molecule has 0 unspecified atom stereocenters. The van der Waals surface area contributed by atoms with Gasteiger partial charge < -0.3 is 20.1 Å². The Morgan fingerprint density at radius 3 is 1.82 bits per heavy atom. The number of hydrogen-bond acceptors (Lipinski definition) is 8. The second kappa shape index (κ2) is 13.1. The minimum Gasteiger partial charge on any atom is -0.465 e. The molecule has 1 fully saturated rings. The third-order valence-electron chi connectivity index (χ3n) is 4.56. The number of hydrogen-bond donors (Lipinski definition) is 1. The number of carbonyl (C=O) groups is 2. The molecule has 0 radical (unpaired) electrons. The average Bonchev–Trinajstić information content (AvgIpc) is 2.66. The molecule has 0 aliphatic carbocycles. The molecule has 0 aromatic heterocycles. The number of nitrogens with two attached hydrogens (primary N) is 1. The molecule has 0 bridgehead atoms. The van der Waals surface area contributed by atoms with Gasteiger partial charge in [0.25, 0.3) is 0 Å². The third-order valence-corrected chi connectivity index (χ3v) is 4.56. The van der Waals surface area contributed by atoms with Crippen LogP contribution in [0.3, 0.4) is 0 Å². The predicted molar refractivity (Wildman–Crippen MR) is 110 cm³/mol. The van der Waals surface area contributed by atoms with Crippen molar-refractivity contribution < 1.29 is 19.1 Å². The molecule has 1 heterocycles. The monoisotopic (exact) mass is 400 g/mol. The maximum absolute atomic E-state index is 12.3. The van der Waals surface area contributed by atoms with E-state index >= 15 is 0 Å². The summed E-state index contributed by atoms with van der Waals surface area (Å²) in [6.07, 6.45) is 2.06. The van der Waals surface area contributed by atoms with E-state index < -0.39 is 5.60 Å². The third kappa shape index (κ3) is 11.6. The van der Waals surface area contributed by atoms with Crippen molar-refractivity contribution in [2.45, 2.75) is 46.1 Å². The second-order valence-corrected chi connectivity index (χ2v) is 8.28. The van der Waals surface area contributed by atoms with Gasteiger partial charge in [-0.3, -0.25) is 19.4 Å². The number of ether oxygens (including phenoxy) is 2. The number of unbranched alkanes of at least 4 members (excludes halogenated alkanes) is 1. The highest BCUT2D eigenvalue weighted by molar-refractivity contribution is 5.72. The van der Waals surface area contributed by atoms with Crippen LogP contribution < -0.4 is 5.73 Å². The van der Waals surface area contributed by atoms with Gasteiger partial charge in [-0.05, 0) is 53.6 Å². The lowest BCUT2D eigenvalue weighted by atomic mass is 10.2. The first kappa shape index (κ1) is 24.8. The molecule has 1 aliphatic heterocycles. The molecule has 8 nitrogen and oxygen atoms in total. The van der Waals surface area contributed by atoms with E-state index in [1.54, 1.807) is 0 Å². The van der Waals surface area contributed by atoms with Crippen molar-refractivity contribution in [1.82, 2.24) is 14.7 Å². The van der Waals surface area contributed by atoms with Gasteiger partial charge in [0.2, 0.25) is 0 Å². The summed E-state index contributed by atoms with van der Waals surface area (Å²) in [6, 6.07) is 0. The van der Waals surface area contributed by atoms with Crippen LogP contribution in [-0.2, 0) is 19.1 Å². The molecule has 0 aromatic carbocycles. The summed E-state index contributed by atoms with van der Waals surface area (Å²) in [4.78, 5) is 30.8. The van der Waals surface area contributed by atoms with Crippen LogP contribution >= 0.6 is 0 Å². The Kier molecular flexibility index (Phi) is 11.6. The lowest BCUT2D eigenvalue weighted by molar-refractivity contribution is -0.156. The van der Waals surface area contributed by atoms with E-state index in [1.165, 1.54) is 0 Å². The zero-order valence-corrected chi connectivity index (χ0v) is 18.2. The Balaban J connectivity index is 2.69. The molecular weight excluding hydrogens is 360 g/mol. The highest BCUT2D eigenvalue weighted by Crippen LogP contribution is 2.08. The number of carbonyl (C=O) groups excluding carboxylic acids is 2. The van der Waals surface area contributed by atoms with Gasteiger partial charge in [0.1, 0.15) is 5.60 Å². The van der Waals surface area contributed by atoms with Gasteiger partial charge in [0, 0.05) is 39.3 Å². The van der Waals surface area contributed by atoms with Gasteiger partial charge in [-0.15, -0.1) is 0 Å². The molecule has 8 heteroatoms. The molecule has 1 saturated heterocycles. The van der Waals surface area contributed by atoms with Crippen molar-refractivity contribution >= 4 is 11.9 Å². The van der Waals surface area contributed by atoms with Crippen LogP contribution in [0.4, 0.5) is 0 Å². The fourth-order valence-corrected chi connectivity index (χ4v) is 3.15. The van der Waals surface area contributed by atoms with Gasteiger partial charge in [0.15, 0.2) is 0 Å². The van der Waals surface area contributed by atoms with E-state index in [2.05, 4.69) is 14.7 Å². The van der Waals surface area contributed by atoms with Crippen LogP contribution in [0.2, 0.25) is 0 Å². The lowest BCUT2D eigenvalue weighted by Crippen LogP contribution is -2.42. The number of esters is 2. The van der Waals surface area contributed by atoms with E-state index in [0.29, 0.717) is 13.2 Å². The van der Waals surface area contributed by atoms with Gasteiger partial charge >= 0.3 is 11.9 Å². The van der Waals surface area contributed by atoms with Gasteiger partial charge in [-0.1, -0.05) is 0 Å². The summed E-state index contributed by atoms with van der Waals surface area (Å²) < 4.78 is 10.6. The van der Waals surface area contributed by atoms with Crippen molar-refractivity contribution in [2.24, 2.45) is 5.73 Å². The molecular formula is C20H40N4O4. The molecule has 1 rings (SSSR count). The number of nitrogens with zero attached hydrogens (tertiary/aromatic N) is 3. The second-order valence-electron chi connectivity index (χ2n) is 8.28. The van der Waals surface area contributed by atoms with E-state index in [0.717, 1.165) is 58.7 Å². The molecule has 28 heavy (non-hydrogen) atoms. The van der Waals surface area contributed by atoms with Crippen LogP contribution in [-0.4, -0.2) is 104 Å². The summed E-state index contributed by atoms with van der Waals surface area (Å²) in [5, 5.41) is 0. The largest absolute Gasteiger partial charge is 0.465 e. The first-order chi connectivity index (χ1) is 13.2. The quantitative estimate of drug-likeness (QED) is 0.443. The molecule has 0 aromatic rings. The summed E-state index contributed by atoms with van der Waals surface area (Å²) >= 11 is 0. The van der Waals surface area contributed by atoms with E-state index in [9.17, 15) is 9.59 Å². The maximum atomic E-state index is 12.3. The van der Waals surface area contributed by atoms with Gasteiger partial charge in [-0.25, -0.2) is 0 Å². The minimum absolute atomic E-state index is 0.199. The molecule has 1 aliphatic rings. The van der Waals surface area contributed by atoms with Gasteiger partial charge in [0.05, 0.1) is 19.7 Å². The SMILES string of the molecule is CCOC(=O)CN1CCN(CCCCN)CCN(CC(=O)OC(C)(C)C)CC1. The Bertz CT molecular complexity index is 468. The predicted octanol–water partition coefficient (Wildman–Crippen LogP) is 0.550. The van der Waals surface area contributed by atoms with Crippen molar-refractivity contribution in [3.63, 3.8) is 0 Å². The zero-order valence-electron chi connectivity index (χ0n) is 18.2. The highest BCUT2D eigenvalue weighted by Gasteiger charge is 2.22. The lowest BCUT2D eigenvalue weighted by Gasteiger charge is -2.27. The zero-order chi connectivity index (χ0) is 21.0. The molecule has 2 N–H and O–H groups in total. The smallest absolute Gasteiger partial charge is 0.320 e. The fourth-order valence-electron chi connectivity index (χ4n) is 3.15. The van der Waals surface area contributed by atoms with Crippen LogP contribution in [0.15, 0.2) is 0 Å². The van der Waals surface area contributed by atoms with Crippen molar-refractivity contribution in [3.05, 3.63) is 0 Å². The molecule has 0 amide bonds. The molecule has 0 atom stereocenters. The normalized spacial score (nSPS) is 18.2. The summed E-state index contributed by atoms with van der Waals surface area (Å²) in [5.74, 6) is -0.409. The van der Waals surface area contributed by atoms with Gasteiger partial charge in [-0.2, -0.15) is 0 Å². The Morgan fingerprint density at radius 2 is 1.36 bits per heavy atom. The topological polar surface area (TPSA) is 88.3 Å². The van der Waals surface area contributed by atoms with Crippen LogP contribution in [0.1, 0.15) is 40.5 Å².